The molecule has 0 bridgehead atoms. The molecule has 0 heterocycles. The minimum atomic E-state index is -0.783. The van der Waals surface area contributed by atoms with Crippen molar-refractivity contribution in [2.24, 2.45) is 0 Å². The lowest BCUT2D eigenvalue weighted by molar-refractivity contribution is 0.0939. The third-order valence-electron chi connectivity index (χ3n) is 2.84. The predicted molar refractivity (Wildman–Crippen MR) is 73.7 cm³/mol. The van der Waals surface area contributed by atoms with Crippen LogP contribution in [0.3, 0.4) is 0 Å². The van der Waals surface area contributed by atoms with Gasteiger partial charge in [0.15, 0.2) is 0 Å². The summed E-state index contributed by atoms with van der Waals surface area (Å²) in [6, 6.07) is 9.38. The highest BCUT2D eigenvalue weighted by molar-refractivity contribution is 6.30. The van der Waals surface area contributed by atoms with Gasteiger partial charge in [-0.25, -0.2) is 8.78 Å². The van der Waals surface area contributed by atoms with Gasteiger partial charge in [0.1, 0.15) is 11.6 Å². The van der Waals surface area contributed by atoms with Gasteiger partial charge in [0.25, 0.3) is 5.91 Å². The third kappa shape index (κ3) is 3.54. The van der Waals surface area contributed by atoms with Crippen molar-refractivity contribution in [2.75, 3.05) is 0 Å². The maximum Gasteiger partial charge on any atom is 0.251 e. The van der Waals surface area contributed by atoms with Crippen molar-refractivity contribution in [3.63, 3.8) is 0 Å². The summed E-state index contributed by atoms with van der Waals surface area (Å²) in [6.45, 7) is 1.77. The number of hydrogen-bond acceptors (Lipinski definition) is 1. The van der Waals surface area contributed by atoms with Crippen LogP contribution in [0.4, 0.5) is 8.78 Å². The van der Waals surface area contributed by atoms with E-state index in [-0.39, 0.29) is 11.6 Å². The molecule has 5 heteroatoms. The second kappa shape index (κ2) is 6.01. The van der Waals surface area contributed by atoms with Crippen LogP contribution in [0.15, 0.2) is 42.5 Å². The Morgan fingerprint density at radius 1 is 1.10 bits per heavy atom. The van der Waals surface area contributed by atoms with Crippen LogP contribution in [0.2, 0.25) is 5.02 Å². The van der Waals surface area contributed by atoms with Crippen molar-refractivity contribution in [2.45, 2.75) is 13.0 Å². The van der Waals surface area contributed by atoms with E-state index < -0.39 is 17.5 Å². The number of benzene rings is 2. The normalized spacial score (nSPS) is 12.0. The maximum atomic E-state index is 13.1. The van der Waals surface area contributed by atoms with E-state index in [1.165, 1.54) is 0 Å². The molecule has 0 unspecified atom stereocenters. The first-order chi connectivity index (χ1) is 9.45. The second-order valence-corrected chi connectivity index (χ2v) is 4.84. The predicted octanol–water partition coefficient (Wildman–Crippen LogP) is 4.11. The minimum Gasteiger partial charge on any atom is -0.346 e. The number of nitrogens with one attached hydrogen (secondary N) is 1. The SMILES string of the molecule is C[C@@H](NC(=O)c1cc(F)cc(F)c1)c1ccc(Cl)cc1. The van der Waals surface area contributed by atoms with Gasteiger partial charge >= 0.3 is 0 Å². The van der Waals surface area contributed by atoms with Crippen LogP contribution < -0.4 is 5.32 Å². The highest BCUT2D eigenvalue weighted by Crippen LogP contribution is 2.17. The lowest BCUT2D eigenvalue weighted by Crippen LogP contribution is -2.26. The van der Waals surface area contributed by atoms with Crippen molar-refractivity contribution in [1.29, 1.82) is 0 Å². The summed E-state index contributed by atoms with van der Waals surface area (Å²) < 4.78 is 26.1. The zero-order valence-corrected chi connectivity index (χ0v) is 11.4. The maximum absolute atomic E-state index is 13.1. The number of carbonyl (C=O) groups excluding carboxylic acids is 1. The fraction of sp³-hybridized carbons (Fsp3) is 0.133. The summed E-state index contributed by atoms with van der Waals surface area (Å²) in [6.07, 6.45) is 0. The Labute approximate surface area is 120 Å². The van der Waals surface area contributed by atoms with Crippen molar-refractivity contribution in [3.05, 3.63) is 70.2 Å². The van der Waals surface area contributed by atoms with Gasteiger partial charge < -0.3 is 5.32 Å². The summed E-state index contributed by atoms with van der Waals surface area (Å²) in [5.41, 5.74) is 0.794. The molecule has 2 nitrogen and oxygen atoms in total. The van der Waals surface area contributed by atoms with Crippen LogP contribution in [0.5, 0.6) is 0 Å². The lowest BCUT2D eigenvalue weighted by Gasteiger charge is -2.14. The van der Waals surface area contributed by atoms with Gasteiger partial charge in [-0.15, -0.1) is 0 Å². The monoisotopic (exact) mass is 295 g/mol. The molecule has 1 atom stereocenters. The number of halogens is 3. The van der Waals surface area contributed by atoms with Gasteiger partial charge in [-0.1, -0.05) is 23.7 Å². The molecule has 2 aromatic carbocycles. The molecule has 0 spiro atoms. The Kier molecular flexibility index (Phi) is 4.35. The molecule has 1 N–H and O–H groups in total. The van der Waals surface area contributed by atoms with E-state index >= 15 is 0 Å². The fourth-order valence-electron chi connectivity index (χ4n) is 1.80. The molecule has 0 aromatic heterocycles. The van der Waals surface area contributed by atoms with Crippen molar-refractivity contribution in [1.82, 2.24) is 5.32 Å². The van der Waals surface area contributed by atoms with Crippen LogP contribution in [0.25, 0.3) is 0 Å². The Morgan fingerprint density at radius 2 is 1.65 bits per heavy atom. The van der Waals surface area contributed by atoms with Gasteiger partial charge in [-0.2, -0.15) is 0 Å². The van der Waals surface area contributed by atoms with Gasteiger partial charge in [0.05, 0.1) is 6.04 Å². The molecular weight excluding hydrogens is 284 g/mol. The largest absolute Gasteiger partial charge is 0.346 e. The molecule has 0 aliphatic rings. The zero-order valence-electron chi connectivity index (χ0n) is 10.7. The second-order valence-electron chi connectivity index (χ2n) is 4.40. The summed E-state index contributed by atoms with van der Waals surface area (Å²) in [5, 5.41) is 3.27. The van der Waals surface area contributed by atoms with Gasteiger partial charge in [0, 0.05) is 16.7 Å². The first-order valence-electron chi connectivity index (χ1n) is 5.98. The number of amides is 1. The van der Waals surface area contributed by atoms with Crippen molar-refractivity contribution >= 4 is 17.5 Å². The topological polar surface area (TPSA) is 29.1 Å². The Bertz CT molecular complexity index is 608. The summed E-state index contributed by atoms with van der Waals surface area (Å²) in [5.74, 6) is -2.10. The Balaban J connectivity index is 2.12. The molecule has 0 saturated heterocycles. The molecule has 2 rings (SSSR count). The third-order valence-corrected chi connectivity index (χ3v) is 3.09. The smallest absolute Gasteiger partial charge is 0.251 e. The van der Waals surface area contributed by atoms with E-state index in [9.17, 15) is 13.6 Å². The fourth-order valence-corrected chi connectivity index (χ4v) is 1.93. The molecule has 0 aliphatic carbocycles. The van der Waals surface area contributed by atoms with Crippen LogP contribution in [-0.2, 0) is 0 Å². The molecular formula is C15H12ClF2NO. The van der Waals surface area contributed by atoms with E-state index in [1.54, 1.807) is 31.2 Å². The average Bonchev–Trinajstić information content (AvgIpc) is 2.38. The van der Waals surface area contributed by atoms with Gasteiger partial charge in [-0.05, 0) is 36.8 Å². The standard InChI is InChI=1S/C15H12ClF2NO/c1-9(10-2-4-12(16)5-3-10)19-15(20)11-6-13(17)8-14(18)7-11/h2-9H,1H3,(H,19,20)/t9-/m1/s1. The average molecular weight is 296 g/mol. The van der Waals surface area contributed by atoms with E-state index in [0.717, 1.165) is 23.8 Å². The molecule has 1 amide bonds. The molecule has 20 heavy (non-hydrogen) atoms. The van der Waals surface area contributed by atoms with Gasteiger partial charge in [0.2, 0.25) is 0 Å². The molecule has 0 radical (unpaired) electrons. The molecule has 0 fully saturated rings. The van der Waals surface area contributed by atoms with E-state index in [1.807, 2.05) is 0 Å². The first-order valence-corrected chi connectivity index (χ1v) is 6.36. The van der Waals surface area contributed by atoms with Gasteiger partial charge in [-0.3, -0.25) is 4.79 Å². The summed E-state index contributed by atoms with van der Waals surface area (Å²) in [7, 11) is 0. The summed E-state index contributed by atoms with van der Waals surface area (Å²) >= 11 is 5.78. The molecule has 0 saturated carbocycles. The minimum absolute atomic E-state index is 0.0525. The van der Waals surface area contributed by atoms with Crippen LogP contribution in [0, 0.1) is 11.6 Å². The van der Waals surface area contributed by atoms with Crippen LogP contribution in [0.1, 0.15) is 28.9 Å². The number of carbonyl (C=O) groups is 1. The van der Waals surface area contributed by atoms with E-state index in [0.29, 0.717) is 5.02 Å². The van der Waals surface area contributed by atoms with Crippen molar-refractivity contribution in [3.8, 4) is 0 Å². The first kappa shape index (κ1) is 14.5. The highest BCUT2D eigenvalue weighted by atomic mass is 35.5. The van der Waals surface area contributed by atoms with Crippen molar-refractivity contribution < 1.29 is 13.6 Å². The Hall–Kier alpha value is -1.94. The number of hydrogen-bond donors (Lipinski definition) is 1. The molecule has 2 aromatic rings. The lowest BCUT2D eigenvalue weighted by atomic mass is 10.1. The van der Waals surface area contributed by atoms with E-state index in [2.05, 4.69) is 5.32 Å². The van der Waals surface area contributed by atoms with E-state index in [4.69, 9.17) is 11.6 Å². The Morgan fingerprint density at radius 3 is 2.20 bits per heavy atom. The molecule has 104 valence electrons. The molecule has 0 aliphatic heterocycles. The quantitative estimate of drug-likeness (QED) is 0.907. The highest BCUT2D eigenvalue weighted by Gasteiger charge is 2.13. The summed E-state index contributed by atoms with van der Waals surface area (Å²) in [4.78, 5) is 11.9. The number of rotatable bonds is 3. The van der Waals surface area contributed by atoms with Crippen LogP contribution in [-0.4, -0.2) is 5.91 Å². The zero-order chi connectivity index (χ0) is 14.7. The van der Waals surface area contributed by atoms with Crippen LogP contribution >= 0.6 is 11.6 Å².